The Balaban J connectivity index is 0.000000253. The summed E-state index contributed by atoms with van der Waals surface area (Å²) in [5.74, 6) is 0. The van der Waals surface area contributed by atoms with Crippen LogP contribution in [0.1, 0.15) is 22.3 Å². The van der Waals surface area contributed by atoms with E-state index in [1.807, 2.05) is 97.1 Å². The Morgan fingerprint density at radius 2 is 0.459 bits per heavy atom. The van der Waals surface area contributed by atoms with E-state index in [1.165, 1.54) is 0 Å². The molecule has 194 valence electrons. The standard InChI is InChI=1S/2C14H10Br2S2.Ni/c2*15-11-5-1-9(2-6-11)13(17)14(18)10-3-7-12(16)8-4-10;/h2*1-8,17-18H;/p-4. The fraction of sp³-hybridized carbons (Fsp3) is 0. The van der Waals surface area contributed by atoms with E-state index < -0.39 is 0 Å². The zero-order valence-corrected chi connectivity index (χ0v) is 29.3. The second kappa shape index (κ2) is 16.0. The van der Waals surface area contributed by atoms with E-state index in [0.29, 0.717) is 19.6 Å². The Bertz CT molecular complexity index is 1150. The normalized spacial score (nSPS) is 11.8. The van der Waals surface area contributed by atoms with Crippen molar-refractivity contribution in [3.05, 3.63) is 137 Å². The Labute approximate surface area is 284 Å². The monoisotopic (exact) mass is 854 g/mol. The predicted octanol–water partition coefficient (Wildman–Crippen LogP) is 10.3. The molecule has 0 aromatic heterocycles. The zero-order valence-electron chi connectivity index (χ0n) is 18.7. The number of hydrogen-bond donors (Lipinski definition) is 0. The van der Waals surface area contributed by atoms with Gasteiger partial charge in [-0.3, -0.25) is 0 Å². The van der Waals surface area contributed by atoms with E-state index in [1.54, 1.807) is 0 Å². The molecule has 0 saturated carbocycles. The summed E-state index contributed by atoms with van der Waals surface area (Å²) in [5.41, 5.74) is 3.89. The van der Waals surface area contributed by atoms with Crippen molar-refractivity contribution in [3.8, 4) is 0 Å². The van der Waals surface area contributed by atoms with Gasteiger partial charge in [-0.1, -0.05) is 112 Å². The smallest absolute Gasteiger partial charge is 0.0175 e. The minimum absolute atomic E-state index is 0. The molecule has 0 fully saturated rings. The van der Waals surface area contributed by atoms with Crippen molar-refractivity contribution in [3.63, 3.8) is 0 Å². The Kier molecular flexibility index (Phi) is 14.3. The van der Waals surface area contributed by atoms with Gasteiger partial charge in [0.2, 0.25) is 0 Å². The molecule has 0 radical (unpaired) electrons. The number of halogens is 4. The molecule has 0 saturated heterocycles. The molecule has 0 bridgehead atoms. The summed E-state index contributed by atoms with van der Waals surface area (Å²) < 4.78 is 4.12. The molecule has 0 nitrogen and oxygen atoms in total. The third kappa shape index (κ3) is 9.97. The fourth-order valence-corrected chi connectivity index (χ4v) is 5.00. The van der Waals surface area contributed by atoms with Gasteiger partial charge >= 0.3 is 0 Å². The molecule has 0 spiro atoms. The number of benzene rings is 4. The predicted molar refractivity (Wildman–Crippen MR) is 180 cm³/mol. The van der Waals surface area contributed by atoms with E-state index in [0.717, 1.165) is 40.1 Å². The van der Waals surface area contributed by atoms with E-state index in [9.17, 15) is 0 Å². The van der Waals surface area contributed by atoms with Gasteiger partial charge in [-0.15, -0.1) is 0 Å². The van der Waals surface area contributed by atoms with Gasteiger partial charge in [0.25, 0.3) is 0 Å². The van der Waals surface area contributed by atoms with Crippen LogP contribution in [0.25, 0.3) is 19.6 Å². The fourth-order valence-electron chi connectivity index (χ4n) is 2.93. The van der Waals surface area contributed by atoms with Crippen LogP contribution in [0.4, 0.5) is 0 Å². The molecule has 4 aromatic carbocycles. The summed E-state index contributed by atoms with van der Waals surface area (Å²) in [6.45, 7) is 0. The first-order chi connectivity index (χ1) is 17.2. The van der Waals surface area contributed by atoms with Crippen molar-refractivity contribution < 1.29 is 16.5 Å². The maximum atomic E-state index is 5.43. The molecule has 4 rings (SSSR count). The van der Waals surface area contributed by atoms with Crippen molar-refractivity contribution in [1.82, 2.24) is 0 Å². The van der Waals surface area contributed by atoms with Crippen molar-refractivity contribution >= 4 is 134 Å². The van der Waals surface area contributed by atoms with E-state index in [-0.39, 0.29) is 16.5 Å². The summed E-state index contributed by atoms with van der Waals surface area (Å²) in [6.07, 6.45) is 0. The van der Waals surface area contributed by atoms with Gasteiger partial charge in [-0.25, -0.2) is 0 Å². The summed E-state index contributed by atoms with van der Waals surface area (Å²) in [6, 6.07) is 31.5. The van der Waals surface area contributed by atoms with E-state index in [4.69, 9.17) is 50.5 Å². The molecule has 0 aliphatic carbocycles. The molecule has 0 aliphatic heterocycles. The first-order valence-electron chi connectivity index (χ1n) is 10.4. The molecular formula is C28H16Br4NiS4-4. The minimum Gasteiger partial charge on any atom is -0.781 e. The molecule has 0 aliphatic rings. The molecule has 37 heavy (non-hydrogen) atoms. The van der Waals surface area contributed by atoms with Gasteiger partial charge in [-0.05, 0) is 70.8 Å². The SMILES string of the molecule is [Ni].[S-]C(=C([S-])c1ccc(Br)cc1)c1ccc(Br)cc1.[S-]C(=C([S-])c1ccc(Br)cc1)c1ccc(Br)cc1. The molecule has 9 heteroatoms. The van der Waals surface area contributed by atoms with Crippen LogP contribution < -0.4 is 0 Å². The number of rotatable bonds is 4. The van der Waals surface area contributed by atoms with Gasteiger partial charge in [0, 0.05) is 34.4 Å². The van der Waals surface area contributed by atoms with Gasteiger partial charge in [0.05, 0.1) is 0 Å². The van der Waals surface area contributed by atoms with Gasteiger partial charge in [0.1, 0.15) is 0 Å². The van der Waals surface area contributed by atoms with Crippen LogP contribution in [0.5, 0.6) is 0 Å². The molecular weight excluding hydrogens is 843 g/mol. The van der Waals surface area contributed by atoms with Crippen molar-refractivity contribution in [2.45, 2.75) is 0 Å². The number of hydrogen-bond acceptors (Lipinski definition) is 4. The summed E-state index contributed by atoms with van der Waals surface area (Å²) >= 11 is 35.3. The van der Waals surface area contributed by atoms with Gasteiger partial charge < -0.3 is 50.5 Å². The molecule has 0 N–H and O–H groups in total. The van der Waals surface area contributed by atoms with Crippen LogP contribution in [0, 0.1) is 0 Å². The van der Waals surface area contributed by atoms with E-state index in [2.05, 4.69) is 63.7 Å². The van der Waals surface area contributed by atoms with Gasteiger partial charge in [-0.2, -0.15) is 19.6 Å². The molecule has 0 heterocycles. The Hall–Kier alpha value is -0.346. The van der Waals surface area contributed by atoms with Crippen molar-refractivity contribution in [2.75, 3.05) is 0 Å². The third-order valence-electron chi connectivity index (χ3n) is 4.84. The van der Waals surface area contributed by atoms with Gasteiger partial charge in [0.15, 0.2) is 0 Å². The maximum Gasteiger partial charge on any atom is 0.0175 e. The molecule has 4 aromatic rings. The Morgan fingerprint density at radius 1 is 0.324 bits per heavy atom. The second-order valence-corrected chi connectivity index (χ2v) is 12.6. The van der Waals surface area contributed by atoms with Crippen LogP contribution in [-0.4, -0.2) is 0 Å². The summed E-state index contributed by atoms with van der Waals surface area (Å²) in [4.78, 5) is 2.83. The van der Waals surface area contributed by atoms with E-state index >= 15 is 0 Å². The largest absolute Gasteiger partial charge is 0.781 e. The quantitative estimate of drug-likeness (QED) is 0.114. The minimum atomic E-state index is 0. The van der Waals surface area contributed by atoms with Crippen LogP contribution in [0.2, 0.25) is 0 Å². The van der Waals surface area contributed by atoms with Crippen LogP contribution in [0.3, 0.4) is 0 Å². The van der Waals surface area contributed by atoms with Crippen molar-refractivity contribution in [2.24, 2.45) is 0 Å². The van der Waals surface area contributed by atoms with Crippen LogP contribution in [-0.2, 0) is 67.0 Å². The third-order valence-corrected chi connectivity index (χ3v) is 8.97. The topological polar surface area (TPSA) is 0 Å². The Morgan fingerprint density at radius 3 is 0.595 bits per heavy atom. The van der Waals surface area contributed by atoms with Crippen LogP contribution in [0.15, 0.2) is 115 Å². The second-order valence-electron chi connectivity index (χ2n) is 7.34. The summed E-state index contributed by atoms with van der Waals surface area (Å²) in [7, 11) is 0. The maximum absolute atomic E-state index is 5.43. The van der Waals surface area contributed by atoms with Crippen LogP contribution >= 0.6 is 63.7 Å². The first-order valence-corrected chi connectivity index (χ1v) is 15.2. The molecule has 0 amide bonds. The first kappa shape index (κ1) is 32.9. The average Bonchev–Trinajstić information content (AvgIpc) is 2.89. The summed E-state index contributed by atoms with van der Waals surface area (Å²) in [5, 5.41) is 0. The molecule has 0 atom stereocenters. The van der Waals surface area contributed by atoms with Crippen molar-refractivity contribution in [1.29, 1.82) is 0 Å². The molecule has 0 unspecified atom stereocenters. The average molecular weight is 859 g/mol. The zero-order chi connectivity index (χ0) is 26.2.